The molecule has 1 aromatic carbocycles. The molecule has 1 aromatic rings. The van der Waals surface area contributed by atoms with Crippen LogP contribution in [-0.4, -0.2) is 37.5 Å². The summed E-state index contributed by atoms with van der Waals surface area (Å²) in [5.74, 6) is 0.342. The van der Waals surface area contributed by atoms with Crippen LogP contribution in [0.5, 0.6) is 0 Å². The van der Waals surface area contributed by atoms with Gasteiger partial charge in [-0.1, -0.05) is 44.2 Å². The van der Waals surface area contributed by atoms with Crippen molar-refractivity contribution in [1.29, 1.82) is 0 Å². The lowest BCUT2D eigenvalue weighted by Gasteiger charge is -2.25. The van der Waals surface area contributed by atoms with Gasteiger partial charge in [-0.3, -0.25) is 4.79 Å². The number of nitrogens with zero attached hydrogens (tertiary/aromatic N) is 1. The molecule has 0 aliphatic heterocycles. The third kappa shape index (κ3) is 5.72. The lowest BCUT2D eigenvalue weighted by molar-refractivity contribution is -0.123. The van der Waals surface area contributed by atoms with Gasteiger partial charge >= 0.3 is 0 Å². The van der Waals surface area contributed by atoms with Gasteiger partial charge in [-0.05, 0) is 32.0 Å². The van der Waals surface area contributed by atoms with Crippen LogP contribution in [0, 0.1) is 5.92 Å². The largest absolute Gasteiger partial charge is 0.347 e. The highest BCUT2D eigenvalue weighted by Crippen LogP contribution is 2.14. The molecule has 112 valence electrons. The van der Waals surface area contributed by atoms with Crippen molar-refractivity contribution in [1.82, 2.24) is 10.2 Å². The van der Waals surface area contributed by atoms with Crippen LogP contribution in [0.3, 0.4) is 0 Å². The molecule has 0 saturated heterocycles. The van der Waals surface area contributed by atoms with Crippen LogP contribution in [0.15, 0.2) is 30.3 Å². The van der Waals surface area contributed by atoms with Gasteiger partial charge < -0.3 is 16.0 Å². The van der Waals surface area contributed by atoms with Crippen molar-refractivity contribution in [2.45, 2.75) is 32.4 Å². The van der Waals surface area contributed by atoms with E-state index >= 15 is 0 Å². The van der Waals surface area contributed by atoms with E-state index in [1.165, 1.54) is 0 Å². The van der Waals surface area contributed by atoms with E-state index in [9.17, 15) is 4.79 Å². The number of nitrogens with two attached hydrogens (primary N) is 1. The molecule has 0 bridgehead atoms. The Bertz CT molecular complexity index is 403. The molecule has 20 heavy (non-hydrogen) atoms. The highest BCUT2D eigenvalue weighted by molar-refractivity contribution is 5.81. The molecule has 0 aliphatic rings. The summed E-state index contributed by atoms with van der Waals surface area (Å²) in [5.41, 5.74) is 7.05. The van der Waals surface area contributed by atoms with Gasteiger partial charge in [0.2, 0.25) is 5.91 Å². The number of hydrogen-bond acceptors (Lipinski definition) is 3. The minimum atomic E-state index is -0.441. The van der Waals surface area contributed by atoms with Crippen LogP contribution in [0.2, 0.25) is 0 Å². The van der Waals surface area contributed by atoms with Crippen molar-refractivity contribution in [2.24, 2.45) is 11.7 Å². The highest BCUT2D eigenvalue weighted by Gasteiger charge is 2.20. The molecule has 0 heterocycles. The molecule has 4 heteroatoms. The Labute approximate surface area is 122 Å². The first-order chi connectivity index (χ1) is 9.40. The average molecular weight is 277 g/mol. The third-order valence-electron chi connectivity index (χ3n) is 3.13. The number of carbonyl (C=O) groups excluding carboxylic acids is 1. The molecule has 1 amide bonds. The van der Waals surface area contributed by atoms with Gasteiger partial charge in [0.15, 0.2) is 0 Å². The van der Waals surface area contributed by atoms with Crippen molar-refractivity contribution in [3.05, 3.63) is 35.9 Å². The van der Waals surface area contributed by atoms with Crippen LogP contribution in [0.1, 0.15) is 31.9 Å². The zero-order valence-electron chi connectivity index (χ0n) is 13.0. The van der Waals surface area contributed by atoms with E-state index in [0.717, 1.165) is 12.1 Å². The number of amides is 1. The normalized spacial score (nSPS) is 14.3. The van der Waals surface area contributed by atoms with Crippen LogP contribution >= 0.6 is 0 Å². The van der Waals surface area contributed by atoms with Crippen LogP contribution in [0.25, 0.3) is 0 Å². The molecule has 0 radical (unpaired) electrons. The average Bonchev–Trinajstić information content (AvgIpc) is 2.37. The van der Waals surface area contributed by atoms with E-state index in [1.807, 2.05) is 44.4 Å². The predicted molar refractivity (Wildman–Crippen MR) is 83.3 cm³/mol. The summed E-state index contributed by atoms with van der Waals surface area (Å²) in [6.45, 7) is 4.90. The monoisotopic (exact) mass is 277 g/mol. The van der Waals surface area contributed by atoms with Crippen molar-refractivity contribution < 1.29 is 4.79 Å². The molecule has 1 unspecified atom stereocenters. The number of nitrogens with one attached hydrogen (secondary N) is 1. The molecule has 3 N–H and O–H groups in total. The molecule has 2 atom stereocenters. The molecular formula is C16H27N3O. The fraction of sp³-hybridized carbons (Fsp3) is 0.562. The second-order valence-electron chi connectivity index (χ2n) is 5.97. The lowest BCUT2D eigenvalue weighted by atomic mass is 10.0. The Morgan fingerprint density at radius 3 is 2.35 bits per heavy atom. The molecule has 0 spiro atoms. The summed E-state index contributed by atoms with van der Waals surface area (Å²) in [6.07, 6.45) is 0.704. The molecule has 0 aliphatic carbocycles. The first-order valence-corrected chi connectivity index (χ1v) is 7.15. The number of hydrogen-bond donors (Lipinski definition) is 2. The molecule has 0 fully saturated rings. The topological polar surface area (TPSA) is 58.4 Å². The zero-order chi connectivity index (χ0) is 15.1. The van der Waals surface area contributed by atoms with Gasteiger partial charge in [0.1, 0.15) is 0 Å². The van der Waals surface area contributed by atoms with Gasteiger partial charge in [-0.25, -0.2) is 0 Å². The Balaban J connectivity index is 2.73. The smallest absolute Gasteiger partial charge is 0.237 e. The Morgan fingerprint density at radius 1 is 1.25 bits per heavy atom. The Hall–Kier alpha value is -1.39. The van der Waals surface area contributed by atoms with Crippen molar-refractivity contribution in [3.8, 4) is 0 Å². The van der Waals surface area contributed by atoms with Gasteiger partial charge in [0.25, 0.3) is 0 Å². The van der Waals surface area contributed by atoms with E-state index in [0.29, 0.717) is 12.3 Å². The van der Waals surface area contributed by atoms with Crippen molar-refractivity contribution in [3.63, 3.8) is 0 Å². The lowest BCUT2D eigenvalue weighted by Crippen LogP contribution is -2.45. The predicted octanol–water partition coefficient (Wildman–Crippen LogP) is 1.78. The summed E-state index contributed by atoms with van der Waals surface area (Å²) in [7, 11) is 3.99. The number of likely N-dealkylation sites (N-methyl/N-ethyl adjacent to an activating group) is 1. The summed E-state index contributed by atoms with van der Waals surface area (Å²) >= 11 is 0. The minimum absolute atomic E-state index is 0.0306. The molecule has 1 rings (SSSR count). The SMILES string of the molecule is CC(C)C[C@H](N)C(=O)NC(CN(C)C)c1ccccc1. The molecular weight excluding hydrogens is 250 g/mol. The number of rotatable bonds is 7. The third-order valence-corrected chi connectivity index (χ3v) is 3.13. The summed E-state index contributed by atoms with van der Waals surface area (Å²) < 4.78 is 0. The first-order valence-electron chi connectivity index (χ1n) is 7.15. The second-order valence-corrected chi connectivity index (χ2v) is 5.97. The summed E-state index contributed by atoms with van der Waals surface area (Å²) in [4.78, 5) is 14.3. The molecule has 4 nitrogen and oxygen atoms in total. The minimum Gasteiger partial charge on any atom is -0.347 e. The van der Waals surface area contributed by atoms with E-state index in [2.05, 4.69) is 24.1 Å². The van der Waals surface area contributed by atoms with E-state index in [-0.39, 0.29) is 11.9 Å². The van der Waals surface area contributed by atoms with E-state index in [4.69, 9.17) is 5.73 Å². The maximum atomic E-state index is 12.2. The zero-order valence-corrected chi connectivity index (χ0v) is 13.0. The van der Waals surface area contributed by atoms with Gasteiger partial charge in [0.05, 0.1) is 12.1 Å². The standard InChI is InChI=1S/C16H27N3O/c1-12(2)10-14(17)16(20)18-15(11-19(3)4)13-8-6-5-7-9-13/h5-9,12,14-15H,10-11,17H2,1-4H3,(H,18,20)/t14-,15?/m0/s1. The molecule has 0 saturated carbocycles. The first kappa shape index (κ1) is 16.7. The van der Waals surface area contributed by atoms with Crippen LogP contribution < -0.4 is 11.1 Å². The van der Waals surface area contributed by atoms with Crippen molar-refractivity contribution >= 4 is 5.91 Å². The number of benzene rings is 1. The van der Waals surface area contributed by atoms with Gasteiger partial charge in [0, 0.05) is 6.54 Å². The van der Waals surface area contributed by atoms with E-state index < -0.39 is 6.04 Å². The number of carbonyl (C=O) groups is 1. The summed E-state index contributed by atoms with van der Waals surface area (Å²) in [6, 6.07) is 9.53. The van der Waals surface area contributed by atoms with Crippen LogP contribution in [-0.2, 0) is 4.79 Å². The maximum Gasteiger partial charge on any atom is 0.237 e. The fourth-order valence-electron chi connectivity index (χ4n) is 2.18. The van der Waals surface area contributed by atoms with Gasteiger partial charge in [-0.15, -0.1) is 0 Å². The summed E-state index contributed by atoms with van der Waals surface area (Å²) in [5, 5.41) is 3.06. The molecule has 0 aromatic heterocycles. The Morgan fingerprint density at radius 2 is 1.85 bits per heavy atom. The Kier molecular flexibility index (Phi) is 6.68. The van der Waals surface area contributed by atoms with Gasteiger partial charge in [-0.2, -0.15) is 0 Å². The highest BCUT2D eigenvalue weighted by atomic mass is 16.2. The van der Waals surface area contributed by atoms with Crippen molar-refractivity contribution in [2.75, 3.05) is 20.6 Å². The quantitative estimate of drug-likeness (QED) is 0.798. The second kappa shape index (κ2) is 8.02. The fourth-order valence-corrected chi connectivity index (χ4v) is 2.18. The maximum absolute atomic E-state index is 12.2. The van der Waals surface area contributed by atoms with E-state index in [1.54, 1.807) is 0 Å². The van der Waals surface area contributed by atoms with Crippen LogP contribution in [0.4, 0.5) is 0 Å².